The Balaban J connectivity index is 2.13. The van der Waals surface area contributed by atoms with Gasteiger partial charge in [-0.05, 0) is 48.9 Å². The van der Waals surface area contributed by atoms with E-state index in [2.05, 4.69) is 4.72 Å². The topological polar surface area (TPSA) is 86.8 Å². The van der Waals surface area contributed by atoms with Crippen molar-refractivity contribution in [2.75, 3.05) is 27.2 Å². The van der Waals surface area contributed by atoms with Crippen LogP contribution in [0.3, 0.4) is 0 Å². The molecular formula is C21H27N3O4S. The fraction of sp³-hybridized carbons (Fsp3) is 0.333. The minimum Gasteiger partial charge on any atom is -0.345 e. The molecule has 0 bridgehead atoms. The summed E-state index contributed by atoms with van der Waals surface area (Å²) in [6, 6.07) is 13.1. The number of amides is 2. The van der Waals surface area contributed by atoms with Crippen molar-refractivity contribution in [2.24, 2.45) is 0 Å². The molecule has 0 atom stereocenters. The van der Waals surface area contributed by atoms with E-state index in [4.69, 9.17) is 0 Å². The molecule has 2 aromatic rings. The third-order valence-electron chi connectivity index (χ3n) is 4.40. The van der Waals surface area contributed by atoms with Gasteiger partial charge in [-0.25, -0.2) is 13.1 Å². The van der Waals surface area contributed by atoms with Crippen molar-refractivity contribution < 1.29 is 18.0 Å². The zero-order valence-electron chi connectivity index (χ0n) is 17.2. The second kappa shape index (κ2) is 9.67. The van der Waals surface area contributed by atoms with Crippen LogP contribution in [0.4, 0.5) is 0 Å². The van der Waals surface area contributed by atoms with Crippen molar-refractivity contribution in [3.8, 4) is 0 Å². The monoisotopic (exact) mass is 417 g/mol. The molecule has 29 heavy (non-hydrogen) atoms. The van der Waals surface area contributed by atoms with Crippen LogP contribution in [0, 0.1) is 0 Å². The van der Waals surface area contributed by atoms with Gasteiger partial charge < -0.3 is 9.80 Å². The Hall–Kier alpha value is -2.71. The minimum absolute atomic E-state index is 0.0763. The van der Waals surface area contributed by atoms with Gasteiger partial charge in [0.25, 0.3) is 11.8 Å². The lowest BCUT2D eigenvalue weighted by Gasteiger charge is -2.21. The van der Waals surface area contributed by atoms with Crippen molar-refractivity contribution in [3.63, 3.8) is 0 Å². The quantitative estimate of drug-likeness (QED) is 0.714. The highest BCUT2D eigenvalue weighted by Crippen LogP contribution is 2.15. The first-order valence-electron chi connectivity index (χ1n) is 9.39. The number of nitrogens with one attached hydrogen (secondary N) is 1. The van der Waals surface area contributed by atoms with Gasteiger partial charge in [-0.15, -0.1) is 0 Å². The molecule has 156 valence electrons. The molecule has 8 heteroatoms. The number of hydrogen-bond donors (Lipinski definition) is 1. The van der Waals surface area contributed by atoms with E-state index in [1.165, 1.54) is 29.2 Å². The molecular weight excluding hydrogens is 390 g/mol. The highest BCUT2D eigenvalue weighted by atomic mass is 32.2. The normalized spacial score (nSPS) is 11.2. The SMILES string of the molecule is CCNS(=O)(=O)c1ccc(C(=O)N(CC)Cc2ccc(C(=O)N(C)C)cc2)cc1. The maximum absolute atomic E-state index is 12.8. The van der Waals surface area contributed by atoms with Gasteiger partial charge in [0.05, 0.1) is 4.90 Å². The molecule has 2 amide bonds. The van der Waals surface area contributed by atoms with E-state index < -0.39 is 10.0 Å². The fourth-order valence-corrected chi connectivity index (χ4v) is 3.83. The van der Waals surface area contributed by atoms with Crippen molar-refractivity contribution in [1.82, 2.24) is 14.5 Å². The van der Waals surface area contributed by atoms with Gasteiger partial charge in [0.2, 0.25) is 10.0 Å². The van der Waals surface area contributed by atoms with Crippen LogP contribution < -0.4 is 4.72 Å². The number of benzene rings is 2. The molecule has 0 fully saturated rings. The average Bonchev–Trinajstić information content (AvgIpc) is 2.71. The van der Waals surface area contributed by atoms with Crippen LogP contribution in [-0.4, -0.2) is 57.2 Å². The summed E-state index contributed by atoms with van der Waals surface area (Å²) in [4.78, 5) is 28.1. The summed E-state index contributed by atoms with van der Waals surface area (Å²) in [5, 5.41) is 0. The lowest BCUT2D eigenvalue weighted by atomic mass is 10.1. The van der Waals surface area contributed by atoms with E-state index >= 15 is 0 Å². The van der Waals surface area contributed by atoms with E-state index in [0.717, 1.165) is 5.56 Å². The zero-order chi connectivity index (χ0) is 21.6. The van der Waals surface area contributed by atoms with Crippen molar-refractivity contribution >= 4 is 21.8 Å². The molecule has 2 rings (SSSR count). The van der Waals surface area contributed by atoms with Crippen LogP contribution in [0.1, 0.15) is 40.1 Å². The van der Waals surface area contributed by atoms with E-state index in [1.54, 1.807) is 38.1 Å². The van der Waals surface area contributed by atoms with Crippen molar-refractivity contribution in [1.29, 1.82) is 0 Å². The van der Waals surface area contributed by atoms with Gasteiger partial charge in [0.15, 0.2) is 0 Å². The van der Waals surface area contributed by atoms with Crippen molar-refractivity contribution in [2.45, 2.75) is 25.3 Å². The van der Waals surface area contributed by atoms with Crippen LogP contribution in [0.2, 0.25) is 0 Å². The summed E-state index contributed by atoms with van der Waals surface area (Å²) in [5.74, 6) is -0.263. The number of carbonyl (C=O) groups excluding carboxylic acids is 2. The van der Waals surface area contributed by atoms with Crippen LogP contribution in [0.5, 0.6) is 0 Å². The van der Waals surface area contributed by atoms with Crippen LogP contribution in [-0.2, 0) is 16.6 Å². The Labute approximate surface area is 172 Å². The molecule has 0 aliphatic rings. The summed E-state index contributed by atoms with van der Waals surface area (Å²) < 4.78 is 26.5. The van der Waals surface area contributed by atoms with E-state index in [9.17, 15) is 18.0 Å². The lowest BCUT2D eigenvalue weighted by molar-refractivity contribution is 0.0751. The van der Waals surface area contributed by atoms with Gasteiger partial charge in [0, 0.05) is 44.9 Å². The molecule has 0 saturated carbocycles. The van der Waals surface area contributed by atoms with Gasteiger partial charge in [-0.1, -0.05) is 19.1 Å². The Morgan fingerprint density at radius 1 is 0.862 bits per heavy atom. The van der Waals surface area contributed by atoms with Gasteiger partial charge >= 0.3 is 0 Å². The molecule has 2 aromatic carbocycles. The minimum atomic E-state index is -3.55. The smallest absolute Gasteiger partial charge is 0.254 e. The summed E-state index contributed by atoms with van der Waals surface area (Å²) in [6.45, 7) is 4.77. The van der Waals surface area contributed by atoms with Crippen LogP contribution in [0.25, 0.3) is 0 Å². The molecule has 0 radical (unpaired) electrons. The highest BCUT2D eigenvalue weighted by molar-refractivity contribution is 7.89. The predicted molar refractivity (Wildman–Crippen MR) is 112 cm³/mol. The fourth-order valence-electron chi connectivity index (χ4n) is 2.79. The first-order valence-corrected chi connectivity index (χ1v) is 10.9. The van der Waals surface area contributed by atoms with E-state index in [1.807, 2.05) is 19.1 Å². The number of rotatable bonds is 8. The van der Waals surface area contributed by atoms with E-state index in [0.29, 0.717) is 30.8 Å². The molecule has 0 saturated heterocycles. The molecule has 0 heterocycles. The first kappa shape index (κ1) is 22.6. The third kappa shape index (κ3) is 5.65. The molecule has 0 aromatic heterocycles. The van der Waals surface area contributed by atoms with E-state index in [-0.39, 0.29) is 16.7 Å². The van der Waals surface area contributed by atoms with Crippen molar-refractivity contribution in [3.05, 3.63) is 65.2 Å². The van der Waals surface area contributed by atoms with Gasteiger partial charge in [-0.2, -0.15) is 0 Å². The maximum atomic E-state index is 12.8. The Kier molecular flexibility index (Phi) is 7.53. The molecule has 7 nitrogen and oxygen atoms in total. The molecule has 1 N–H and O–H groups in total. The van der Waals surface area contributed by atoms with Crippen LogP contribution >= 0.6 is 0 Å². The lowest BCUT2D eigenvalue weighted by Crippen LogP contribution is -2.30. The van der Waals surface area contributed by atoms with Gasteiger partial charge in [0.1, 0.15) is 0 Å². The number of hydrogen-bond acceptors (Lipinski definition) is 4. The molecule has 0 spiro atoms. The van der Waals surface area contributed by atoms with Crippen LogP contribution in [0.15, 0.2) is 53.4 Å². The second-order valence-corrected chi connectivity index (χ2v) is 8.51. The number of carbonyl (C=O) groups is 2. The summed E-state index contributed by atoms with van der Waals surface area (Å²) >= 11 is 0. The second-order valence-electron chi connectivity index (χ2n) is 6.74. The number of nitrogens with zero attached hydrogens (tertiary/aromatic N) is 2. The summed E-state index contributed by atoms with van der Waals surface area (Å²) in [5.41, 5.74) is 1.91. The number of sulfonamides is 1. The third-order valence-corrected chi connectivity index (χ3v) is 5.96. The first-order chi connectivity index (χ1) is 13.7. The zero-order valence-corrected chi connectivity index (χ0v) is 18.0. The molecule has 0 unspecified atom stereocenters. The predicted octanol–water partition coefficient (Wildman–Crippen LogP) is 2.35. The maximum Gasteiger partial charge on any atom is 0.254 e. The molecule has 0 aliphatic carbocycles. The van der Waals surface area contributed by atoms with Gasteiger partial charge in [-0.3, -0.25) is 9.59 Å². The Morgan fingerprint density at radius 2 is 1.38 bits per heavy atom. The summed E-state index contributed by atoms with van der Waals surface area (Å²) in [6.07, 6.45) is 0. The largest absolute Gasteiger partial charge is 0.345 e. The standard InChI is InChI=1S/C21H27N3O4S/c1-5-22-29(27,28)19-13-11-18(12-14-19)21(26)24(6-2)15-16-7-9-17(10-8-16)20(25)23(3)4/h7-14,22H,5-6,15H2,1-4H3. The Morgan fingerprint density at radius 3 is 1.86 bits per heavy atom. The highest BCUT2D eigenvalue weighted by Gasteiger charge is 2.17. The molecule has 0 aliphatic heterocycles. The average molecular weight is 418 g/mol. The summed E-state index contributed by atoms with van der Waals surface area (Å²) in [7, 11) is -0.156. The Bertz CT molecular complexity index is 952.